The fourth-order valence-corrected chi connectivity index (χ4v) is 2.61. The molecule has 3 N–H and O–H groups in total. The van der Waals surface area contributed by atoms with Crippen molar-refractivity contribution >= 4 is 22.8 Å². The van der Waals surface area contributed by atoms with Gasteiger partial charge < -0.3 is 15.4 Å². The maximum atomic E-state index is 12.3. The summed E-state index contributed by atoms with van der Waals surface area (Å²) in [6, 6.07) is 4.94. The van der Waals surface area contributed by atoms with Gasteiger partial charge >= 0.3 is 5.97 Å². The summed E-state index contributed by atoms with van der Waals surface area (Å²) in [7, 11) is 0. The van der Waals surface area contributed by atoms with Crippen LogP contribution in [0.4, 0.5) is 0 Å². The number of hydrogen-bond acceptors (Lipinski definition) is 2. The molecule has 5 heteroatoms. The van der Waals surface area contributed by atoms with Crippen LogP contribution in [0.1, 0.15) is 34.5 Å². The zero-order valence-electron chi connectivity index (χ0n) is 12.1. The first-order chi connectivity index (χ1) is 9.97. The van der Waals surface area contributed by atoms with E-state index in [0.29, 0.717) is 5.69 Å². The van der Waals surface area contributed by atoms with Gasteiger partial charge in [-0.05, 0) is 55.9 Å². The molecular weight excluding hydrogens is 268 g/mol. The van der Waals surface area contributed by atoms with Gasteiger partial charge in [-0.2, -0.15) is 0 Å². The number of aliphatic carboxylic acids is 1. The number of aromatic amines is 1. The van der Waals surface area contributed by atoms with Crippen LogP contribution in [-0.2, 0) is 4.79 Å². The molecule has 2 aromatic rings. The number of aromatic nitrogens is 1. The Morgan fingerprint density at radius 2 is 2.05 bits per heavy atom. The second-order valence-corrected chi connectivity index (χ2v) is 5.78. The van der Waals surface area contributed by atoms with Crippen LogP contribution in [0.25, 0.3) is 10.9 Å². The normalized spacial score (nSPS) is 15.9. The minimum absolute atomic E-state index is 0.0693. The van der Waals surface area contributed by atoms with Crippen LogP contribution in [0.5, 0.6) is 0 Å². The first-order valence-corrected chi connectivity index (χ1v) is 7.10. The second kappa shape index (κ2) is 4.91. The van der Waals surface area contributed by atoms with Gasteiger partial charge in [-0.3, -0.25) is 4.79 Å². The lowest BCUT2D eigenvalue weighted by atomic mass is 10.1. The summed E-state index contributed by atoms with van der Waals surface area (Å²) < 4.78 is 0. The van der Waals surface area contributed by atoms with Gasteiger partial charge in [-0.1, -0.05) is 6.07 Å². The van der Waals surface area contributed by atoms with Crippen molar-refractivity contribution in [2.75, 3.05) is 0 Å². The molecule has 1 saturated carbocycles. The number of nitrogens with one attached hydrogen (secondary N) is 2. The molecule has 1 aliphatic rings. The van der Waals surface area contributed by atoms with Crippen LogP contribution in [0, 0.1) is 19.8 Å². The summed E-state index contributed by atoms with van der Waals surface area (Å²) in [5.74, 6) is -1.25. The second-order valence-electron chi connectivity index (χ2n) is 5.78. The Labute approximate surface area is 122 Å². The molecule has 0 aliphatic heterocycles. The molecule has 0 spiro atoms. The van der Waals surface area contributed by atoms with Crippen LogP contribution in [0.2, 0.25) is 0 Å². The Balaban J connectivity index is 1.87. The van der Waals surface area contributed by atoms with Gasteiger partial charge in [0.25, 0.3) is 5.91 Å². The van der Waals surface area contributed by atoms with E-state index in [2.05, 4.69) is 10.3 Å². The summed E-state index contributed by atoms with van der Waals surface area (Å²) >= 11 is 0. The Morgan fingerprint density at radius 3 is 2.67 bits per heavy atom. The topological polar surface area (TPSA) is 82.2 Å². The molecule has 1 unspecified atom stereocenters. The van der Waals surface area contributed by atoms with Crippen molar-refractivity contribution in [3.8, 4) is 0 Å². The van der Waals surface area contributed by atoms with Crippen molar-refractivity contribution in [2.24, 2.45) is 5.92 Å². The van der Waals surface area contributed by atoms with E-state index in [1.807, 2.05) is 26.0 Å². The molecule has 1 aliphatic carbocycles. The van der Waals surface area contributed by atoms with Crippen LogP contribution >= 0.6 is 0 Å². The number of carbonyl (C=O) groups excluding carboxylic acids is 1. The Kier molecular flexibility index (Phi) is 3.20. The van der Waals surface area contributed by atoms with Crippen molar-refractivity contribution in [3.05, 3.63) is 35.0 Å². The van der Waals surface area contributed by atoms with Crippen LogP contribution in [0.3, 0.4) is 0 Å². The number of H-pyrrole nitrogens is 1. The maximum Gasteiger partial charge on any atom is 0.326 e. The Hall–Kier alpha value is -2.30. The van der Waals surface area contributed by atoms with Crippen molar-refractivity contribution in [3.63, 3.8) is 0 Å². The van der Waals surface area contributed by atoms with Crippen LogP contribution in [0.15, 0.2) is 18.2 Å². The van der Waals surface area contributed by atoms with E-state index < -0.39 is 12.0 Å². The zero-order chi connectivity index (χ0) is 15.1. The van der Waals surface area contributed by atoms with Crippen LogP contribution in [-0.4, -0.2) is 28.0 Å². The molecule has 0 saturated heterocycles. The van der Waals surface area contributed by atoms with Gasteiger partial charge in [-0.25, -0.2) is 4.79 Å². The van der Waals surface area contributed by atoms with E-state index in [-0.39, 0.29) is 11.8 Å². The number of aryl methyl sites for hydroxylation is 2. The van der Waals surface area contributed by atoms with Gasteiger partial charge in [0.05, 0.1) is 0 Å². The monoisotopic (exact) mass is 286 g/mol. The molecular formula is C16H18N2O3. The van der Waals surface area contributed by atoms with E-state index in [1.165, 1.54) is 0 Å². The molecule has 21 heavy (non-hydrogen) atoms. The fourth-order valence-electron chi connectivity index (χ4n) is 2.61. The highest BCUT2D eigenvalue weighted by Gasteiger charge is 2.37. The third-order valence-electron chi connectivity index (χ3n) is 4.23. The number of fused-ring (bicyclic) bond motifs is 1. The Morgan fingerprint density at radius 1 is 1.33 bits per heavy atom. The highest BCUT2D eigenvalue weighted by Crippen LogP contribution is 2.33. The highest BCUT2D eigenvalue weighted by atomic mass is 16.4. The first-order valence-electron chi connectivity index (χ1n) is 7.10. The average molecular weight is 286 g/mol. The summed E-state index contributed by atoms with van der Waals surface area (Å²) in [6.45, 7) is 4.03. The predicted octanol–water partition coefficient (Wildman–Crippen LogP) is 2.38. The summed E-state index contributed by atoms with van der Waals surface area (Å²) in [6.07, 6.45) is 1.73. The molecule has 1 heterocycles. The molecule has 1 aromatic heterocycles. The number of hydrogen-bond donors (Lipinski definition) is 3. The van der Waals surface area contributed by atoms with E-state index in [0.717, 1.165) is 34.9 Å². The van der Waals surface area contributed by atoms with Gasteiger partial charge in [0.15, 0.2) is 0 Å². The number of rotatable bonds is 4. The number of carboxylic acids is 1. The third kappa shape index (κ3) is 2.51. The zero-order valence-corrected chi connectivity index (χ0v) is 12.1. The van der Waals surface area contributed by atoms with Gasteiger partial charge in [0, 0.05) is 10.9 Å². The lowest BCUT2D eigenvalue weighted by molar-refractivity contribution is -0.139. The molecule has 5 nitrogen and oxygen atoms in total. The van der Waals surface area contributed by atoms with Gasteiger partial charge in [0.2, 0.25) is 0 Å². The minimum atomic E-state index is -0.964. The fraction of sp³-hybridized carbons (Fsp3) is 0.375. The van der Waals surface area contributed by atoms with Crippen LogP contribution < -0.4 is 5.32 Å². The van der Waals surface area contributed by atoms with E-state index in [1.54, 1.807) is 6.07 Å². The van der Waals surface area contributed by atoms with Crippen molar-refractivity contribution in [2.45, 2.75) is 32.7 Å². The lowest BCUT2D eigenvalue weighted by Crippen LogP contribution is -2.42. The Bertz CT molecular complexity index is 728. The average Bonchev–Trinajstić information content (AvgIpc) is 3.18. The standard InChI is InChI=1S/C16H18N2O3/c1-8-3-6-12-11(9(8)2)7-13(17-12)15(19)18-14(16(20)21)10-4-5-10/h3,6-7,10,14,17H,4-5H2,1-2H3,(H,18,19)(H,20,21). The molecule has 0 radical (unpaired) electrons. The lowest BCUT2D eigenvalue weighted by Gasteiger charge is -2.12. The largest absolute Gasteiger partial charge is 0.480 e. The van der Waals surface area contributed by atoms with Crippen molar-refractivity contribution in [1.29, 1.82) is 0 Å². The number of amides is 1. The van der Waals surface area contributed by atoms with Crippen molar-refractivity contribution < 1.29 is 14.7 Å². The van der Waals surface area contributed by atoms with Crippen molar-refractivity contribution in [1.82, 2.24) is 10.3 Å². The molecule has 110 valence electrons. The minimum Gasteiger partial charge on any atom is -0.480 e. The molecule has 3 rings (SSSR count). The highest BCUT2D eigenvalue weighted by molar-refractivity contribution is 6.00. The maximum absolute atomic E-state index is 12.3. The summed E-state index contributed by atoms with van der Waals surface area (Å²) in [5.41, 5.74) is 3.58. The number of carboxylic acid groups (broad SMARTS) is 1. The smallest absolute Gasteiger partial charge is 0.326 e. The molecule has 1 atom stereocenters. The predicted molar refractivity (Wildman–Crippen MR) is 79.4 cm³/mol. The molecule has 1 fully saturated rings. The third-order valence-corrected chi connectivity index (χ3v) is 4.23. The van der Waals surface area contributed by atoms with E-state index in [4.69, 9.17) is 0 Å². The first kappa shape index (κ1) is 13.7. The van der Waals surface area contributed by atoms with Gasteiger partial charge in [0.1, 0.15) is 11.7 Å². The summed E-state index contributed by atoms with van der Waals surface area (Å²) in [4.78, 5) is 26.5. The quantitative estimate of drug-likeness (QED) is 0.807. The molecule has 1 aromatic carbocycles. The molecule has 0 bridgehead atoms. The number of carbonyl (C=O) groups is 2. The SMILES string of the molecule is Cc1ccc2[nH]c(C(=O)NC(C(=O)O)C3CC3)cc2c1C. The van der Waals surface area contributed by atoms with E-state index in [9.17, 15) is 14.7 Å². The molecule has 1 amide bonds. The number of benzene rings is 1. The summed E-state index contributed by atoms with van der Waals surface area (Å²) in [5, 5.41) is 12.8. The van der Waals surface area contributed by atoms with E-state index >= 15 is 0 Å². The van der Waals surface area contributed by atoms with Gasteiger partial charge in [-0.15, -0.1) is 0 Å².